The van der Waals surface area contributed by atoms with Crippen LogP contribution in [0.5, 0.6) is 5.75 Å². The van der Waals surface area contributed by atoms with E-state index in [1.54, 1.807) is 12.1 Å². The van der Waals surface area contributed by atoms with Crippen LogP contribution in [0.1, 0.15) is 26.3 Å². The fourth-order valence-corrected chi connectivity index (χ4v) is 3.33. The maximum absolute atomic E-state index is 13.0. The number of sulfonamides is 1. The first kappa shape index (κ1) is 19.4. The van der Waals surface area contributed by atoms with Crippen LogP contribution in [0, 0.1) is 5.82 Å². The maximum Gasteiger partial charge on any atom is 0.240 e. The van der Waals surface area contributed by atoms with Crippen LogP contribution in [-0.2, 0) is 15.6 Å². The Kier molecular flexibility index (Phi) is 5.82. The van der Waals surface area contributed by atoms with Crippen molar-refractivity contribution in [2.45, 2.75) is 37.4 Å². The molecule has 2 N–H and O–H groups in total. The van der Waals surface area contributed by atoms with Crippen molar-refractivity contribution in [2.24, 2.45) is 0 Å². The van der Waals surface area contributed by atoms with Gasteiger partial charge in [-0.15, -0.1) is 0 Å². The van der Waals surface area contributed by atoms with Gasteiger partial charge < -0.3 is 9.84 Å². The lowest BCUT2D eigenvalue weighted by atomic mass is 9.96. The van der Waals surface area contributed by atoms with Crippen LogP contribution in [0.3, 0.4) is 0 Å². The average molecular weight is 367 g/mol. The van der Waals surface area contributed by atoms with Crippen LogP contribution < -0.4 is 9.46 Å². The molecule has 0 aliphatic rings. The molecule has 0 bridgehead atoms. The van der Waals surface area contributed by atoms with Gasteiger partial charge in [0.25, 0.3) is 0 Å². The quantitative estimate of drug-likeness (QED) is 0.789. The zero-order valence-electron chi connectivity index (χ0n) is 14.4. The number of nitrogens with one attached hydrogen (secondary N) is 1. The number of halogens is 1. The van der Waals surface area contributed by atoms with Crippen molar-refractivity contribution in [3.63, 3.8) is 0 Å². The minimum atomic E-state index is -3.79. The average Bonchev–Trinajstić information content (AvgIpc) is 2.54. The van der Waals surface area contributed by atoms with Crippen molar-refractivity contribution in [1.82, 2.24) is 4.72 Å². The highest BCUT2D eigenvalue weighted by Gasteiger charge is 2.26. The van der Waals surface area contributed by atoms with E-state index in [9.17, 15) is 17.9 Å². The summed E-state index contributed by atoms with van der Waals surface area (Å²) in [5.74, 6) is 0.149. The van der Waals surface area contributed by atoms with E-state index in [4.69, 9.17) is 4.74 Å². The van der Waals surface area contributed by atoms with Gasteiger partial charge in [0.15, 0.2) is 0 Å². The van der Waals surface area contributed by atoms with Gasteiger partial charge in [-0.3, -0.25) is 0 Å². The molecule has 0 fully saturated rings. The summed E-state index contributed by atoms with van der Waals surface area (Å²) in [4.78, 5) is 0.0681. The van der Waals surface area contributed by atoms with E-state index in [2.05, 4.69) is 4.72 Å². The van der Waals surface area contributed by atoms with Crippen molar-refractivity contribution in [3.05, 3.63) is 59.9 Å². The van der Waals surface area contributed by atoms with Gasteiger partial charge in [-0.05, 0) is 62.7 Å². The first-order valence-corrected chi connectivity index (χ1v) is 9.33. The molecule has 2 aromatic carbocycles. The van der Waals surface area contributed by atoms with Gasteiger partial charge in [-0.1, -0.05) is 12.1 Å². The van der Waals surface area contributed by atoms with Gasteiger partial charge in [0.05, 0.1) is 11.0 Å². The standard InChI is InChI=1S/C18H22FNO4S/c1-13(2)24-16-8-10-17(11-9-16)25(22,23)20-12-18(3,21)14-4-6-15(19)7-5-14/h4-11,13,20-21H,12H2,1-3H3. The van der Waals surface area contributed by atoms with Gasteiger partial charge in [-0.2, -0.15) is 0 Å². The molecule has 0 radical (unpaired) electrons. The van der Waals surface area contributed by atoms with Crippen molar-refractivity contribution in [2.75, 3.05) is 6.54 Å². The summed E-state index contributed by atoms with van der Waals surface area (Å²) in [5, 5.41) is 10.5. The SMILES string of the molecule is CC(C)Oc1ccc(S(=O)(=O)NCC(C)(O)c2ccc(F)cc2)cc1. The Morgan fingerprint density at radius 1 is 1.12 bits per heavy atom. The molecule has 0 spiro atoms. The lowest BCUT2D eigenvalue weighted by molar-refractivity contribution is 0.0627. The largest absolute Gasteiger partial charge is 0.491 e. The summed E-state index contributed by atoms with van der Waals surface area (Å²) in [5.41, 5.74) is -1.06. The minimum Gasteiger partial charge on any atom is -0.491 e. The third-order valence-electron chi connectivity index (χ3n) is 3.58. The Labute approximate surface area is 147 Å². The van der Waals surface area contributed by atoms with Gasteiger partial charge in [0.1, 0.15) is 17.2 Å². The van der Waals surface area contributed by atoms with Crippen LogP contribution in [0.25, 0.3) is 0 Å². The topological polar surface area (TPSA) is 75.6 Å². The normalized spacial score (nSPS) is 14.3. The lowest BCUT2D eigenvalue weighted by Crippen LogP contribution is -2.38. The number of hydrogen-bond acceptors (Lipinski definition) is 4. The molecule has 0 aliphatic heterocycles. The van der Waals surface area contributed by atoms with Crippen molar-refractivity contribution in [3.8, 4) is 5.75 Å². The van der Waals surface area contributed by atoms with Crippen LogP contribution in [-0.4, -0.2) is 26.2 Å². The van der Waals surface area contributed by atoms with Gasteiger partial charge in [-0.25, -0.2) is 17.5 Å². The van der Waals surface area contributed by atoms with E-state index in [0.29, 0.717) is 11.3 Å². The van der Waals surface area contributed by atoms with E-state index in [1.807, 2.05) is 13.8 Å². The molecular formula is C18H22FNO4S. The molecule has 0 saturated heterocycles. The van der Waals surface area contributed by atoms with Crippen LogP contribution in [0.15, 0.2) is 53.4 Å². The highest BCUT2D eigenvalue weighted by atomic mass is 32.2. The predicted molar refractivity (Wildman–Crippen MR) is 93.4 cm³/mol. The molecule has 1 atom stereocenters. The van der Waals surface area contributed by atoms with E-state index >= 15 is 0 Å². The Morgan fingerprint density at radius 2 is 1.68 bits per heavy atom. The fraction of sp³-hybridized carbons (Fsp3) is 0.333. The lowest BCUT2D eigenvalue weighted by Gasteiger charge is -2.24. The summed E-state index contributed by atoms with van der Waals surface area (Å²) in [6, 6.07) is 11.3. The monoisotopic (exact) mass is 367 g/mol. The Balaban J connectivity index is 2.09. The fourth-order valence-electron chi connectivity index (χ4n) is 2.20. The molecule has 0 aliphatic carbocycles. The second-order valence-corrected chi connectivity index (χ2v) is 8.01. The Morgan fingerprint density at radius 3 is 2.20 bits per heavy atom. The third kappa shape index (κ3) is 5.26. The molecule has 0 amide bonds. The molecule has 0 heterocycles. The minimum absolute atomic E-state index is 0.00797. The second-order valence-electron chi connectivity index (χ2n) is 6.24. The highest BCUT2D eigenvalue weighted by Crippen LogP contribution is 2.22. The first-order valence-electron chi connectivity index (χ1n) is 7.85. The van der Waals surface area contributed by atoms with Crippen LogP contribution in [0.2, 0.25) is 0 Å². The van der Waals surface area contributed by atoms with Crippen molar-refractivity contribution in [1.29, 1.82) is 0 Å². The zero-order valence-corrected chi connectivity index (χ0v) is 15.2. The van der Waals surface area contributed by atoms with Crippen molar-refractivity contribution >= 4 is 10.0 Å². The molecule has 25 heavy (non-hydrogen) atoms. The molecule has 2 aromatic rings. The molecule has 5 nitrogen and oxygen atoms in total. The summed E-state index contributed by atoms with van der Waals surface area (Å²) >= 11 is 0. The van der Waals surface area contributed by atoms with Crippen LogP contribution >= 0.6 is 0 Å². The number of ether oxygens (including phenoxy) is 1. The Bertz CT molecular complexity index is 800. The van der Waals surface area contributed by atoms with Crippen LogP contribution in [0.4, 0.5) is 4.39 Å². The molecule has 0 saturated carbocycles. The number of aliphatic hydroxyl groups is 1. The number of benzene rings is 2. The Hall–Kier alpha value is -1.96. The molecule has 136 valence electrons. The van der Waals surface area contributed by atoms with Crippen molar-refractivity contribution < 1.29 is 22.7 Å². The van der Waals surface area contributed by atoms with Gasteiger partial charge in [0.2, 0.25) is 10.0 Å². The van der Waals surface area contributed by atoms with E-state index in [1.165, 1.54) is 43.3 Å². The number of hydrogen-bond donors (Lipinski definition) is 2. The summed E-state index contributed by atoms with van der Waals surface area (Å²) in [6.45, 7) is 4.97. The van der Waals surface area contributed by atoms with Gasteiger partial charge in [0, 0.05) is 6.54 Å². The smallest absolute Gasteiger partial charge is 0.240 e. The summed E-state index contributed by atoms with van der Waals surface area (Å²) in [6.07, 6.45) is -0.00797. The van der Waals surface area contributed by atoms with E-state index in [0.717, 1.165) is 0 Å². The molecule has 7 heteroatoms. The third-order valence-corrected chi connectivity index (χ3v) is 5.00. The molecule has 0 aromatic heterocycles. The summed E-state index contributed by atoms with van der Waals surface area (Å²) in [7, 11) is -3.79. The highest BCUT2D eigenvalue weighted by molar-refractivity contribution is 7.89. The van der Waals surface area contributed by atoms with Gasteiger partial charge >= 0.3 is 0 Å². The maximum atomic E-state index is 13.0. The van der Waals surface area contributed by atoms with E-state index < -0.39 is 21.4 Å². The molecule has 1 unspecified atom stereocenters. The zero-order chi connectivity index (χ0) is 18.7. The molecular weight excluding hydrogens is 345 g/mol. The van der Waals surface area contributed by atoms with E-state index in [-0.39, 0.29) is 17.5 Å². The first-order chi connectivity index (χ1) is 11.6. The number of rotatable bonds is 7. The summed E-state index contributed by atoms with van der Waals surface area (Å²) < 4.78 is 45.6. The second kappa shape index (κ2) is 7.51. The predicted octanol–water partition coefficient (Wildman–Crippen LogP) is 2.80. The molecule has 2 rings (SSSR count).